The van der Waals surface area contributed by atoms with Crippen LogP contribution in [0.15, 0.2) is 40.4 Å². The molecule has 0 unspecified atom stereocenters. The monoisotopic (exact) mass is 363 g/mol. The molecule has 0 saturated carbocycles. The van der Waals surface area contributed by atoms with Crippen LogP contribution in [0.25, 0.3) is 10.6 Å². The second-order valence-corrected chi connectivity index (χ2v) is 6.59. The molecule has 24 heavy (non-hydrogen) atoms. The molecule has 0 spiro atoms. The number of thiophene rings is 1. The number of hydrogen-bond acceptors (Lipinski definition) is 6. The molecular formula is C17H14FNO3S2. The highest BCUT2D eigenvalue weighted by Crippen LogP contribution is 2.26. The molecule has 2 aromatic heterocycles. The number of carbonyl (C=O) groups is 1. The minimum Gasteiger partial charge on any atom is -0.496 e. The molecule has 0 fully saturated rings. The highest BCUT2D eigenvalue weighted by Gasteiger charge is 2.12. The molecule has 2 heterocycles. The van der Waals surface area contributed by atoms with Gasteiger partial charge >= 0.3 is 5.97 Å². The first-order chi connectivity index (χ1) is 11.7. The van der Waals surface area contributed by atoms with Crippen LogP contribution in [0.4, 0.5) is 4.39 Å². The van der Waals surface area contributed by atoms with Crippen LogP contribution < -0.4 is 4.74 Å². The van der Waals surface area contributed by atoms with Crippen LogP contribution in [0.1, 0.15) is 11.3 Å². The fraction of sp³-hybridized carbons (Fsp3) is 0.176. The smallest absolute Gasteiger partial charge is 0.312 e. The van der Waals surface area contributed by atoms with E-state index in [9.17, 15) is 9.18 Å². The van der Waals surface area contributed by atoms with Crippen molar-refractivity contribution in [3.8, 4) is 16.3 Å². The summed E-state index contributed by atoms with van der Waals surface area (Å²) in [6.07, 6.45) is 0.0816. The minimum absolute atomic E-state index is 0.0404. The van der Waals surface area contributed by atoms with Gasteiger partial charge in [-0.25, -0.2) is 9.37 Å². The molecular weight excluding hydrogens is 349 g/mol. The molecule has 0 saturated heterocycles. The maximum absolute atomic E-state index is 13.3. The molecule has 0 radical (unpaired) electrons. The lowest BCUT2D eigenvalue weighted by molar-refractivity contribution is -0.144. The summed E-state index contributed by atoms with van der Waals surface area (Å²) in [5.41, 5.74) is 2.20. The van der Waals surface area contributed by atoms with Crippen molar-refractivity contribution in [1.82, 2.24) is 4.98 Å². The number of thiazole rings is 1. The Labute approximate surface area is 146 Å². The summed E-state index contributed by atoms with van der Waals surface area (Å²) < 4.78 is 23.6. The lowest BCUT2D eigenvalue weighted by Crippen LogP contribution is -2.09. The van der Waals surface area contributed by atoms with Crippen LogP contribution in [-0.2, 0) is 22.6 Å². The van der Waals surface area contributed by atoms with Crippen molar-refractivity contribution in [2.75, 3.05) is 7.11 Å². The van der Waals surface area contributed by atoms with E-state index in [1.807, 2.05) is 22.2 Å². The Morgan fingerprint density at radius 3 is 2.92 bits per heavy atom. The minimum atomic E-state index is -0.413. The van der Waals surface area contributed by atoms with Crippen molar-refractivity contribution in [3.05, 3.63) is 57.5 Å². The number of nitrogens with zero attached hydrogens (tertiary/aromatic N) is 1. The van der Waals surface area contributed by atoms with Crippen LogP contribution in [-0.4, -0.2) is 18.1 Å². The zero-order valence-electron chi connectivity index (χ0n) is 12.8. The van der Waals surface area contributed by atoms with Gasteiger partial charge in [-0.2, -0.15) is 11.3 Å². The largest absolute Gasteiger partial charge is 0.496 e. The molecule has 124 valence electrons. The van der Waals surface area contributed by atoms with Crippen molar-refractivity contribution >= 4 is 28.6 Å². The summed E-state index contributed by atoms with van der Waals surface area (Å²) >= 11 is 3.09. The Balaban J connectivity index is 1.59. The van der Waals surface area contributed by atoms with Crippen molar-refractivity contribution < 1.29 is 18.7 Å². The zero-order chi connectivity index (χ0) is 16.9. The molecule has 0 bridgehead atoms. The van der Waals surface area contributed by atoms with Crippen molar-refractivity contribution in [1.29, 1.82) is 0 Å². The molecule has 0 atom stereocenters. The lowest BCUT2D eigenvalue weighted by Gasteiger charge is -2.09. The number of esters is 1. The fourth-order valence-corrected chi connectivity index (χ4v) is 3.66. The standard InChI is InChI=1S/C17H14FNO3S2/c1-21-15-3-2-13(18)6-12(15)8-22-16(20)7-14-10-24-17(19-14)11-4-5-23-9-11/h2-6,9-10H,7-8H2,1H3. The Kier molecular flexibility index (Phi) is 5.22. The van der Waals surface area contributed by atoms with Crippen LogP contribution in [0.2, 0.25) is 0 Å². The molecule has 0 amide bonds. The molecule has 4 nitrogen and oxygen atoms in total. The fourth-order valence-electron chi connectivity index (χ4n) is 2.12. The number of rotatable bonds is 6. The van der Waals surface area contributed by atoms with Crippen LogP contribution in [0.5, 0.6) is 5.75 Å². The third-order valence-electron chi connectivity index (χ3n) is 3.28. The Morgan fingerprint density at radius 1 is 1.29 bits per heavy atom. The van der Waals surface area contributed by atoms with Gasteiger partial charge in [0, 0.05) is 21.9 Å². The van der Waals surface area contributed by atoms with E-state index in [1.54, 1.807) is 11.3 Å². The van der Waals surface area contributed by atoms with E-state index < -0.39 is 11.8 Å². The third kappa shape index (κ3) is 3.98. The van der Waals surface area contributed by atoms with Crippen LogP contribution >= 0.6 is 22.7 Å². The number of methoxy groups -OCH3 is 1. The Morgan fingerprint density at radius 2 is 2.17 bits per heavy atom. The number of carbonyl (C=O) groups excluding carboxylic acids is 1. The van der Waals surface area contributed by atoms with Crippen molar-refractivity contribution in [3.63, 3.8) is 0 Å². The van der Waals surface area contributed by atoms with Gasteiger partial charge < -0.3 is 9.47 Å². The van der Waals surface area contributed by atoms with Gasteiger partial charge in [-0.3, -0.25) is 4.79 Å². The molecule has 0 aliphatic carbocycles. The molecule has 3 rings (SSSR count). The second-order valence-electron chi connectivity index (χ2n) is 4.95. The quantitative estimate of drug-likeness (QED) is 0.613. The van der Waals surface area contributed by atoms with Gasteiger partial charge in [0.05, 0.1) is 19.2 Å². The number of halogens is 1. The maximum atomic E-state index is 13.3. The predicted octanol–water partition coefficient (Wildman–Crippen LogP) is 4.31. The van der Waals surface area contributed by atoms with E-state index >= 15 is 0 Å². The first kappa shape index (κ1) is 16.6. The summed E-state index contributed by atoms with van der Waals surface area (Å²) in [4.78, 5) is 16.4. The number of ether oxygens (including phenoxy) is 2. The van der Waals surface area contributed by atoms with E-state index in [-0.39, 0.29) is 13.0 Å². The molecule has 0 aliphatic heterocycles. The van der Waals surface area contributed by atoms with Gasteiger partial charge in [-0.15, -0.1) is 11.3 Å². The molecule has 0 aliphatic rings. The average Bonchev–Trinajstić information content (AvgIpc) is 3.24. The maximum Gasteiger partial charge on any atom is 0.312 e. The predicted molar refractivity (Wildman–Crippen MR) is 91.9 cm³/mol. The summed E-state index contributed by atoms with van der Waals surface area (Å²) in [7, 11) is 1.49. The van der Waals surface area contributed by atoms with Gasteiger partial charge in [0.25, 0.3) is 0 Å². The Bertz CT molecular complexity index is 830. The number of aromatic nitrogens is 1. The van der Waals surface area contributed by atoms with E-state index in [1.165, 1.54) is 36.6 Å². The van der Waals surface area contributed by atoms with Gasteiger partial charge in [0.15, 0.2) is 0 Å². The van der Waals surface area contributed by atoms with Gasteiger partial charge in [0.1, 0.15) is 23.2 Å². The van der Waals surface area contributed by atoms with Gasteiger partial charge in [-0.1, -0.05) is 0 Å². The third-order valence-corrected chi connectivity index (χ3v) is 4.90. The van der Waals surface area contributed by atoms with E-state index in [4.69, 9.17) is 9.47 Å². The first-order valence-electron chi connectivity index (χ1n) is 7.10. The lowest BCUT2D eigenvalue weighted by atomic mass is 10.2. The average molecular weight is 363 g/mol. The summed E-state index contributed by atoms with van der Waals surface area (Å²) in [5, 5.41) is 6.72. The molecule has 3 aromatic rings. The van der Waals surface area contributed by atoms with E-state index in [0.717, 1.165) is 10.6 Å². The molecule has 0 N–H and O–H groups in total. The molecule has 1 aromatic carbocycles. The van der Waals surface area contributed by atoms with Crippen molar-refractivity contribution in [2.45, 2.75) is 13.0 Å². The SMILES string of the molecule is COc1ccc(F)cc1COC(=O)Cc1csc(-c2ccsc2)n1. The van der Waals surface area contributed by atoms with Gasteiger partial charge in [-0.05, 0) is 29.6 Å². The summed E-state index contributed by atoms with van der Waals surface area (Å²) in [5.74, 6) is -0.331. The van der Waals surface area contributed by atoms with E-state index in [0.29, 0.717) is 17.0 Å². The summed E-state index contributed by atoms with van der Waals surface area (Å²) in [6, 6.07) is 6.09. The highest BCUT2D eigenvalue weighted by atomic mass is 32.1. The van der Waals surface area contributed by atoms with Gasteiger partial charge in [0.2, 0.25) is 0 Å². The van der Waals surface area contributed by atoms with Crippen LogP contribution in [0.3, 0.4) is 0 Å². The summed E-state index contributed by atoms with van der Waals surface area (Å²) in [6.45, 7) is -0.0404. The van der Waals surface area contributed by atoms with E-state index in [2.05, 4.69) is 4.98 Å². The highest BCUT2D eigenvalue weighted by molar-refractivity contribution is 7.14. The van der Waals surface area contributed by atoms with Crippen LogP contribution in [0, 0.1) is 5.82 Å². The normalized spacial score (nSPS) is 10.6. The Hall–Kier alpha value is -2.25. The molecule has 7 heteroatoms. The number of hydrogen-bond donors (Lipinski definition) is 0. The number of benzene rings is 1. The topological polar surface area (TPSA) is 48.4 Å². The van der Waals surface area contributed by atoms with Crippen molar-refractivity contribution in [2.24, 2.45) is 0 Å². The zero-order valence-corrected chi connectivity index (χ0v) is 14.5. The second kappa shape index (κ2) is 7.55. The first-order valence-corrected chi connectivity index (χ1v) is 8.93.